The summed E-state index contributed by atoms with van der Waals surface area (Å²) in [5.41, 5.74) is 5.92. The van der Waals surface area contributed by atoms with E-state index in [4.69, 9.17) is 4.74 Å². The van der Waals surface area contributed by atoms with Crippen molar-refractivity contribution in [3.8, 4) is 6.07 Å². The van der Waals surface area contributed by atoms with Crippen LogP contribution in [0.3, 0.4) is 0 Å². The second kappa shape index (κ2) is 7.51. The van der Waals surface area contributed by atoms with E-state index in [1.165, 1.54) is 22.2 Å². The number of nitrogens with zero attached hydrogens (tertiary/aromatic N) is 3. The van der Waals surface area contributed by atoms with Crippen molar-refractivity contribution < 1.29 is 4.74 Å². The van der Waals surface area contributed by atoms with Crippen LogP contribution in [0, 0.1) is 11.3 Å². The molecule has 0 aromatic heterocycles. The largest absolute Gasteiger partial charge is 0.378 e. The van der Waals surface area contributed by atoms with Crippen molar-refractivity contribution >= 4 is 16.5 Å². The van der Waals surface area contributed by atoms with Gasteiger partial charge in [-0.05, 0) is 58.8 Å². The van der Waals surface area contributed by atoms with E-state index in [-0.39, 0.29) is 5.92 Å². The van der Waals surface area contributed by atoms with Crippen LogP contribution in [0.2, 0.25) is 0 Å². The third-order valence-corrected chi connectivity index (χ3v) is 6.23. The van der Waals surface area contributed by atoms with E-state index >= 15 is 0 Å². The minimum atomic E-state index is 0.210. The lowest BCUT2D eigenvalue weighted by Gasteiger charge is -2.35. The number of ether oxygens (including phenoxy) is 1. The molecule has 4 nitrogen and oxygen atoms in total. The van der Waals surface area contributed by atoms with E-state index in [9.17, 15) is 5.26 Å². The Morgan fingerprint density at radius 2 is 1.72 bits per heavy atom. The summed E-state index contributed by atoms with van der Waals surface area (Å²) in [5.74, 6) is 0.210. The van der Waals surface area contributed by atoms with Crippen LogP contribution in [0.4, 0.5) is 5.69 Å². The molecule has 0 aliphatic carbocycles. The average molecular weight is 383 g/mol. The second-order valence-electron chi connectivity index (χ2n) is 8.13. The number of rotatable bonds is 2. The summed E-state index contributed by atoms with van der Waals surface area (Å²) in [6, 6.07) is 21.9. The zero-order chi connectivity index (χ0) is 19.8. The Balaban J connectivity index is 1.59. The first-order valence-corrected chi connectivity index (χ1v) is 10.3. The Kier molecular flexibility index (Phi) is 4.71. The van der Waals surface area contributed by atoms with E-state index in [2.05, 4.69) is 65.4 Å². The van der Waals surface area contributed by atoms with Crippen LogP contribution in [0.1, 0.15) is 28.2 Å². The molecule has 2 heterocycles. The van der Waals surface area contributed by atoms with Crippen LogP contribution in [0.15, 0.2) is 54.6 Å². The third-order valence-electron chi connectivity index (χ3n) is 6.23. The van der Waals surface area contributed by atoms with Crippen LogP contribution in [0.25, 0.3) is 10.8 Å². The highest BCUT2D eigenvalue weighted by molar-refractivity contribution is 5.85. The maximum absolute atomic E-state index is 9.85. The van der Waals surface area contributed by atoms with Crippen molar-refractivity contribution in [3.63, 3.8) is 0 Å². The van der Waals surface area contributed by atoms with Gasteiger partial charge in [-0.1, -0.05) is 30.3 Å². The molecular weight excluding hydrogens is 358 g/mol. The summed E-state index contributed by atoms with van der Waals surface area (Å²) in [6.45, 7) is 5.35. The predicted octanol–water partition coefficient (Wildman–Crippen LogP) is 4.13. The van der Waals surface area contributed by atoms with Crippen LogP contribution in [-0.4, -0.2) is 44.8 Å². The lowest BCUT2D eigenvalue weighted by molar-refractivity contribution is 0.122. The van der Waals surface area contributed by atoms with Gasteiger partial charge in [0, 0.05) is 37.8 Å². The fourth-order valence-electron chi connectivity index (χ4n) is 4.76. The van der Waals surface area contributed by atoms with Crippen molar-refractivity contribution in [1.82, 2.24) is 4.90 Å². The van der Waals surface area contributed by atoms with Crippen LogP contribution in [0.5, 0.6) is 0 Å². The number of hydrogen-bond donors (Lipinski definition) is 0. The topological polar surface area (TPSA) is 39.5 Å². The summed E-state index contributed by atoms with van der Waals surface area (Å²) < 4.78 is 5.51. The maximum Gasteiger partial charge on any atom is 0.0994 e. The Morgan fingerprint density at radius 1 is 0.966 bits per heavy atom. The van der Waals surface area contributed by atoms with Crippen LogP contribution < -0.4 is 4.90 Å². The molecule has 1 fully saturated rings. The minimum absolute atomic E-state index is 0.210. The molecule has 0 radical (unpaired) electrons. The van der Waals surface area contributed by atoms with Crippen molar-refractivity contribution in [3.05, 3.63) is 76.9 Å². The molecule has 1 saturated heterocycles. The highest BCUT2D eigenvalue weighted by Gasteiger charge is 2.28. The first-order chi connectivity index (χ1) is 14.2. The van der Waals surface area contributed by atoms with Gasteiger partial charge in [0.1, 0.15) is 0 Å². The predicted molar refractivity (Wildman–Crippen MR) is 116 cm³/mol. The normalized spacial score (nSPS) is 19.7. The number of anilines is 1. The standard InChI is InChI=1S/C25H25N3O/c1-27-16-21-13-22(28-8-10-29-11-9-28)6-7-23(21)25(17-27)24-14-19-5-3-2-4-18(19)12-20(24)15-26/h2-7,12-14,25H,8-11,16-17H2,1H3. The van der Waals surface area contributed by atoms with Gasteiger partial charge in [-0.15, -0.1) is 0 Å². The Labute approximate surface area is 171 Å². The smallest absolute Gasteiger partial charge is 0.0994 e. The van der Waals surface area contributed by atoms with Gasteiger partial charge in [-0.25, -0.2) is 0 Å². The molecule has 4 heteroatoms. The zero-order valence-corrected chi connectivity index (χ0v) is 16.8. The average Bonchev–Trinajstić information content (AvgIpc) is 2.77. The fraction of sp³-hybridized carbons (Fsp3) is 0.320. The maximum atomic E-state index is 9.85. The van der Waals surface area contributed by atoms with Gasteiger partial charge in [0.25, 0.3) is 0 Å². The Bertz CT molecular complexity index is 1090. The third kappa shape index (κ3) is 3.37. The monoisotopic (exact) mass is 383 g/mol. The zero-order valence-electron chi connectivity index (χ0n) is 16.8. The summed E-state index contributed by atoms with van der Waals surface area (Å²) in [4.78, 5) is 4.77. The molecule has 3 aromatic rings. The van der Waals surface area contributed by atoms with E-state index < -0.39 is 0 Å². The highest BCUT2D eigenvalue weighted by Crippen LogP contribution is 2.37. The van der Waals surface area contributed by atoms with Crippen molar-refractivity contribution in [2.75, 3.05) is 44.8 Å². The number of morpholine rings is 1. The van der Waals surface area contributed by atoms with E-state index in [1.807, 2.05) is 12.1 Å². The van der Waals surface area contributed by atoms with Gasteiger partial charge in [0.15, 0.2) is 0 Å². The molecule has 29 heavy (non-hydrogen) atoms. The number of benzene rings is 3. The Morgan fingerprint density at radius 3 is 2.48 bits per heavy atom. The van der Waals surface area contributed by atoms with E-state index in [1.54, 1.807) is 0 Å². The molecule has 2 aliphatic heterocycles. The molecule has 2 aliphatic rings. The highest BCUT2D eigenvalue weighted by atomic mass is 16.5. The molecule has 1 atom stereocenters. The summed E-state index contributed by atoms with van der Waals surface area (Å²) >= 11 is 0. The van der Waals surface area contributed by atoms with E-state index in [0.29, 0.717) is 0 Å². The molecule has 0 saturated carbocycles. The minimum Gasteiger partial charge on any atom is -0.378 e. The number of fused-ring (bicyclic) bond motifs is 2. The summed E-state index contributed by atoms with van der Waals surface area (Å²) in [7, 11) is 2.17. The molecule has 146 valence electrons. The molecule has 0 spiro atoms. The lowest BCUT2D eigenvalue weighted by atomic mass is 9.82. The van der Waals surface area contributed by atoms with Gasteiger partial charge < -0.3 is 14.5 Å². The molecule has 0 amide bonds. The van der Waals surface area contributed by atoms with Crippen molar-refractivity contribution in [1.29, 1.82) is 5.26 Å². The first kappa shape index (κ1) is 18.2. The van der Waals surface area contributed by atoms with Gasteiger partial charge in [0.2, 0.25) is 0 Å². The van der Waals surface area contributed by atoms with Gasteiger partial charge >= 0.3 is 0 Å². The van der Waals surface area contributed by atoms with Gasteiger partial charge in [-0.3, -0.25) is 0 Å². The number of hydrogen-bond acceptors (Lipinski definition) is 4. The van der Waals surface area contributed by atoms with Crippen molar-refractivity contribution in [2.24, 2.45) is 0 Å². The molecule has 0 N–H and O–H groups in total. The number of likely N-dealkylation sites (N-methyl/N-ethyl adjacent to an activating group) is 1. The second-order valence-corrected chi connectivity index (χ2v) is 8.13. The molecule has 1 unspecified atom stereocenters. The van der Waals surface area contributed by atoms with Gasteiger partial charge in [0.05, 0.1) is 24.8 Å². The summed E-state index contributed by atoms with van der Waals surface area (Å²) in [6.07, 6.45) is 0. The molecule has 3 aromatic carbocycles. The molecule has 0 bridgehead atoms. The van der Waals surface area contributed by atoms with Crippen LogP contribution in [-0.2, 0) is 11.3 Å². The van der Waals surface area contributed by atoms with Gasteiger partial charge in [-0.2, -0.15) is 5.26 Å². The van der Waals surface area contributed by atoms with Crippen molar-refractivity contribution in [2.45, 2.75) is 12.5 Å². The van der Waals surface area contributed by atoms with Crippen LogP contribution >= 0.6 is 0 Å². The summed E-state index contributed by atoms with van der Waals surface area (Å²) in [5, 5.41) is 12.2. The molecular formula is C25H25N3O. The van der Waals surface area contributed by atoms with E-state index in [0.717, 1.165) is 55.9 Å². The number of nitriles is 1. The quantitative estimate of drug-likeness (QED) is 0.667. The lowest BCUT2D eigenvalue weighted by Crippen LogP contribution is -2.37. The molecule has 5 rings (SSSR count). The Hall–Kier alpha value is -2.87. The SMILES string of the molecule is CN1Cc2cc(N3CCOCC3)ccc2C(c2cc3ccccc3cc2C#N)C1. The first-order valence-electron chi connectivity index (χ1n) is 10.3. The fourth-order valence-corrected chi connectivity index (χ4v) is 4.76.